The van der Waals surface area contributed by atoms with E-state index in [1.807, 2.05) is 30.3 Å². The molecule has 42 heavy (non-hydrogen) atoms. The Hall–Kier alpha value is -4.19. The number of nitrogens with zero attached hydrogens (tertiary/aromatic N) is 2. The van der Waals surface area contributed by atoms with E-state index in [0.29, 0.717) is 6.54 Å². The third-order valence-corrected chi connectivity index (χ3v) is 7.75. The van der Waals surface area contributed by atoms with Gasteiger partial charge in [0.2, 0.25) is 5.52 Å². The summed E-state index contributed by atoms with van der Waals surface area (Å²) in [4.78, 5) is 2.36. The zero-order valence-corrected chi connectivity index (χ0v) is 24.7. The minimum Gasteiger partial charge on any atom is -0.490 e. The summed E-state index contributed by atoms with van der Waals surface area (Å²) < 4.78 is 8.25. The number of aryl methyl sites for hydroxylation is 1. The molecule has 1 atom stereocenters. The van der Waals surface area contributed by atoms with Gasteiger partial charge in [-0.2, -0.15) is 4.57 Å². The highest BCUT2D eigenvalue weighted by Crippen LogP contribution is 2.25. The number of anilines is 1. The van der Waals surface area contributed by atoms with Gasteiger partial charge in [-0.05, 0) is 54.6 Å². The molecule has 1 heterocycles. The highest BCUT2D eigenvalue weighted by molar-refractivity contribution is 5.89. The van der Waals surface area contributed by atoms with Crippen molar-refractivity contribution in [2.45, 2.75) is 32.9 Å². The molecule has 0 saturated heterocycles. The van der Waals surface area contributed by atoms with Gasteiger partial charge in [-0.15, -0.1) is 0 Å². The number of nitrogens with one attached hydrogen (secondary N) is 1. The summed E-state index contributed by atoms with van der Waals surface area (Å²) in [5, 5.41) is 17.3. The molecule has 4 aromatic carbocycles. The molecule has 1 aromatic heterocycles. The summed E-state index contributed by atoms with van der Waals surface area (Å²) in [5.74, 6) is 0.807. The second-order valence-corrected chi connectivity index (χ2v) is 10.6. The number of para-hydroxylation sites is 1. The van der Waals surface area contributed by atoms with Crippen molar-refractivity contribution in [2.75, 3.05) is 37.7 Å². The van der Waals surface area contributed by atoms with Crippen molar-refractivity contribution in [3.63, 3.8) is 0 Å². The fourth-order valence-electron chi connectivity index (χ4n) is 5.43. The molecule has 0 aliphatic carbocycles. The minimum absolute atomic E-state index is 0.259. The molecular formula is C37H42N3O2+. The first kappa shape index (κ1) is 29.3. The van der Waals surface area contributed by atoms with Crippen molar-refractivity contribution in [1.29, 1.82) is 0 Å². The van der Waals surface area contributed by atoms with Gasteiger partial charge in [0.05, 0.1) is 5.39 Å². The van der Waals surface area contributed by atoms with Crippen molar-refractivity contribution >= 4 is 39.5 Å². The molecule has 0 fully saturated rings. The van der Waals surface area contributed by atoms with E-state index < -0.39 is 6.10 Å². The summed E-state index contributed by atoms with van der Waals surface area (Å²) >= 11 is 0. The maximum absolute atomic E-state index is 10.5. The largest absolute Gasteiger partial charge is 0.490 e. The van der Waals surface area contributed by atoms with E-state index in [2.05, 4.69) is 114 Å². The minimum atomic E-state index is -0.572. The number of benzene rings is 4. The number of hydrogen-bond donors (Lipinski definition) is 2. The number of rotatable bonds is 14. The lowest BCUT2D eigenvalue weighted by molar-refractivity contribution is -0.671. The van der Waals surface area contributed by atoms with Crippen molar-refractivity contribution in [3.05, 3.63) is 114 Å². The normalized spacial score (nSPS) is 12.3. The van der Waals surface area contributed by atoms with Crippen LogP contribution in [0.3, 0.4) is 0 Å². The molecule has 0 radical (unpaired) electrons. The Labute approximate surface area is 249 Å². The Kier molecular flexibility index (Phi) is 10.2. The van der Waals surface area contributed by atoms with Crippen molar-refractivity contribution < 1.29 is 14.4 Å². The van der Waals surface area contributed by atoms with Gasteiger partial charge in [0, 0.05) is 55.8 Å². The van der Waals surface area contributed by atoms with Crippen molar-refractivity contribution in [3.8, 4) is 5.75 Å². The summed E-state index contributed by atoms with van der Waals surface area (Å²) in [6.45, 7) is 8.88. The number of aliphatic hydroxyl groups excluding tert-OH is 1. The van der Waals surface area contributed by atoms with Gasteiger partial charge in [0.1, 0.15) is 25.0 Å². The number of aliphatic hydroxyl groups is 1. The zero-order chi connectivity index (χ0) is 29.1. The Balaban J connectivity index is 1.12. The Morgan fingerprint density at radius 2 is 1.57 bits per heavy atom. The average Bonchev–Trinajstić information content (AvgIpc) is 3.04. The van der Waals surface area contributed by atoms with Gasteiger partial charge in [-0.3, -0.25) is 0 Å². The molecule has 0 aliphatic heterocycles. The predicted molar refractivity (Wildman–Crippen MR) is 176 cm³/mol. The molecule has 5 nitrogen and oxygen atoms in total. The molecule has 0 amide bonds. The van der Waals surface area contributed by atoms with Gasteiger partial charge in [-0.1, -0.05) is 72.8 Å². The number of hydrogen-bond acceptors (Lipinski definition) is 4. The van der Waals surface area contributed by atoms with E-state index in [4.69, 9.17) is 4.74 Å². The SMILES string of the molecule is CCN(CC)c1ccc(C=Cc2cc[n+](CCCNCC(O)COc3cccc4ccccc34)c3ccccc23)cc1. The third-order valence-electron chi connectivity index (χ3n) is 7.75. The number of ether oxygens (including phenoxy) is 1. The molecule has 5 heteroatoms. The van der Waals surface area contributed by atoms with Crippen LogP contribution in [0.5, 0.6) is 5.75 Å². The van der Waals surface area contributed by atoms with Crippen LogP contribution in [0.1, 0.15) is 31.4 Å². The van der Waals surface area contributed by atoms with Crippen LogP contribution < -0.4 is 19.5 Å². The molecule has 0 aliphatic rings. The molecule has 1 unspecified atom stereocenters. The molecule has 5 aromatic rings. The third kappa shape index (κ3) is 7.35. The second kappa shape index (κ2) is 14.6. The number of fused-ring (bicyclic) bond motifs is 2. The highest BCUT2D eigenvalue weighted by atomic mass is 16.5. The van der Waals surface area contributed by atoms with Crippen molar-refractivity contribution in [1.82, 2.24) is 5.32 Å². The van der Waals surface area contributed by atoms with Gasteiger partial charge < -0.3 is 20.1 Å². The van der Waals surface area contributed by atoms with E-state index >= 15 is 0 Å². The topological polar surface area (TPSA) is 48.6 Å². The Morgan fingerprint density at radius 3 is 2.38 bits per heavy atom. The first-order chi connectivity index (χ1) is 20.7. The average molecular weight is 561 g/mol. The van der Waals surface area contributed by atoms with E-state index in [-0.39, 0.29) is 6.61 Å². The first-order valence-electron chi connectivity index (χ1n) is 15.1. The van der Waals surface area contributed by atoms with E-state index in [1.165, 1.54) is 27.7 Å². The summed E-state index contributed by atoms with van der Waals surface area (Å²) in [6.07, 6.45) is 6.97. The number of aromatic nitrogens is 1. The predicted octanol–water partition coefficient (Wildman–Crippen LogP) is 6.72. The monoisotopic (exact) mass is 560 g/mol. The maximum Gasteiger partial charge on any atom is 0.213 e. The lowest BCUT2D eigenvalue weighted by Crippen LogP contribution is -2.37. The summed E-state index contributed by atoms with van der Waals surface area (Å²) in [6, 6.07) is 33.7. The molecule has 0 saturated carbocycles. The molecule has 2 N–H and O–H groups in total. The van der Waals surface area contributed by atoms with Crippen LogP contribution in [0.2, 0.25) is 0 Å². The van der Waals surface area contributed by atoms with E-state index in [0.717, 1.165) is 49.1 Å². The lowest BCUT2D eigenvalue weighted by Gasteiger charge is -2.20. The summed E-state index contributed by atoms with van der Waals surface area (Å²) in [7, 11) is 0. The second-order valence-electron chi connectivity index (χ2n) is 10.6. The zero-order valence-electron chi connectivity index (χ0n) is 24.7. The molecule has 0 spiro atoms. The number of pyridine rings is 1. The van der Waals surface area contributed by atoms with Crippen LogP contribution in [0.4, 0.5) is 5.69 Å². The fourth-order valence-corrected chi connectivity index (χ4v) is 5.43. The van der Waals surface area contributed by atoms with Gasteiger partial charge in [-0.25, -0.2) is 0 Å². The van der Waals surface area contributed by atoms with Crippen LogP contribution in [-0.2, 0) is 6.54 Å². The Bertz CT molecular complexity index is 1600. The van der Waals surface area contributed by atoms with Crippen LogP contribution in [0, 0.1) is 0 Å². The smallest absolute Gasteiger partial charge is 0.213 e. The molecular weight excluding hydrogens is 518 g/mol. The van der Waals surface area contributed by atoms with Gasteiger partial charge in [0.15, 0.2) is 6.20 Å². The molecule has 216 valence electrons. The van der Waals surface area contributed by atoms with Gasteiger partial charge in [0.25, 0.3) is 0 Å². The van der Waals surface area contributed by atoms with Crippen LogP contribution in [0.25, 0.3) is 33.8 Å². The Morgan fingerprint density at radius 1 is 0.833 bits per heavy atom. The van der Waals surface area contributed by atoms with Crippen LogP contribution >= 0.6 is 0 Å². The molecule has 0 bridgehead atoms. The van der Waals surface area contributed by atoms with Crippen molar-refractivity contribution in [2.24, 2.45) is 0 Å². The highest BCUT2D eigenvalue weighted by Gasteiger charge is 2.12. The van der Waals surface area contributed by atoms with E-state index in [9.17, 15) is 5.11 Å². The maximum atomic E-state index is 10.5. The van der Waals surface area contributed by atoms with Crippen LogP contribution in [0.15, 0.2) is 103 Å². The lowest BCUT2D eigenvalue weighted by atomic mass is 10.1. The summed E-state index contributed by atoms with van der Waals surface area (Å²) in [5.41, 5.74) is 4.89. The standard InChI is InChI=1S/C37H42N3O2/c1-3-39(4-2)32-21-18-29(19-22-32)17-20-31-23-26-40(36-15-8-7-13-34(31)36)25-10-24-38-27-33(41)28-42-37-16-9-12-30-11-5-6-14-35(30)37/h5-9,11-23,26,33,38,41H,3-4,10,24-25,27-28H2,1-2H3/q+1. The van der Waals surface area contributed by atoms with Crippen LogP contribution in [-0.4, -0.2) is 44.0 Å². The van der Waals surface area contributed by atoms with E-state index in [1.54, 1.807) is 0 Å². The first-order valence-corrected chi connectivity index (χ1v) is 15.1. The quantitative estimate of drug-likeness (QED) is 0.117. The fraction of sp³-hybridized carbons (Fsp3) is 0.270. The van der Waals surface area contributed by atoms with Gasteiger partial charge >= 0.3 is 0 Å². The molecule has 5 rings (SSSR count).